The van der Waals surface area contributed by atoms with Crippen LogP contribution in [0.2, 0.25) is 18.1 Å². The van der Waals surface area contributed by atoms with Gasteiger partial charge in [-0.1, -0.05) is 39.8 Å². The van der Waals surface area contributed by atoms with Gasteiger partial charge < -0.3 is 13.3 Å². The fourth-order valence-electron chi connectivity index (χ4n) is 4.38. The predicted octanol–water partition coefficient (Wildman–Crippen LogP) is 5.80. The maximum atomic E-state index is 13.9. The van der Waals surface area contributed by atoms with Crippen molar-refractivity contribution in [3.05, 3.63) is 81.0 Å². The van der Waals surface area contributed by atoms with Crippen LogP contribution in [-0.2, 0) is 39.7 Å². The second-order valence-electron chi connectivity index (χ2n) is 12.2. The highest BCUT2D eigenvalue weighted by Gasteiger charge is 2.52. The van der Waals surface area contributed by atoms with Gasteiger partial charge in [-0.3, -0.25) is 19.8 Å². The molecular weight excluding hydrogens is 651 g/mol. The highest BCUT2D eigenvalue weighted by Crippen LogP contribution is 2.44. The Hall–Kier alpha value is -3.71. The number of hydrogen-bond acceptors (Lipinski definition) is 11. The van der Waals surface area contributed by atoms with E-state index in [0.29, 0.717) is 24.3 Å². The van der Waals surface area contributed by atoms with Crippen LogP contribution in [0.3, 0.4) is 0 Å². The molecule has 0 N–H and O–H groups in total. The fraction of sp³-hybridized carbons (Fsp3) is 0.452. The molecule has 248 valence electrons. The van der Waals surface area contributed by atoms with Gasteiger partial charge in [-0.2, -0.15) is 13.7 Å². The molecule has 2 aromatic rings. The summed E-state index contributed by atoms with van der Waals surface area (Å²) < 4.78 is 42.3. The van der Waals surface area contributed by atoms with Gasteiger partial charge in [0.25, 0.3) is 5.69 Å². The van der Waals surface area contributed by atoms with Gasteiger partial charge in [-0.25, -0.2) is 4.79 Å². The summed E-state index contributed by atoms with van der Waals surface area (Å²) in [6.45, 7) is 12.5. The summed E-state index contributed by atoms with van der Waals surface area (Å²) in [5, 5.41) is 19.9. The zero-order chi connectivity index (χ0) is 34.4. The Morgan fingerprint density at radius 1 is 1.17 bits per heavy atom. The van der Waals surface area contributed by atoms with Crippen molar-refractivity contribution < 1.29 is 36.3 Å². The fourth-order valence-corrected chi connectivity index (χ4v) is 7.11. The number of ether oxygens (including phenoxy) is 1. The Balaban J connectivity index is 2.07. The molecule has 1 aliphatic rings. The molecule has 0 bridgehead atoms. The molecule has 1 heterocycles. The Morgan fingerprint density at radius 3 is 2.37 bits per heavy atom. The summed E-state index contributed by atoms with van der Waals surface area (Å²) in [6.07, 6.45) is 1.19. The van der Waals surface area contributed by atoms with Gasteiger partial charge in [0, 0.05) is 24.3 Å². The van der Waals surface area contributed by atoms with E-state index in [9.17, 15) is 33.4 Å². The summed E-state index contributed by atoms with van der Waals surface area (Å²) in [5.41, 5.74) is 0.0849. The minimum Gasteiger partial charge on any atom is -0.456 e. The first-order chi connectivity index (χ1) is 21.4. The Labute approximate surface area is 275 Å². The van der Waals surface area contributed by atoms with E-state index in [-0.39, 0.29) is 28.5 Å². The average molecular weight is 690 g/mol. The van der Waals surface area contributed by atoms with Crippen molar-refractivity contribution in [2.24, 2.45) is 5.92 Å². The molecule has 1 aliphatic heterocycles. The number of amides is 1. The Kier molecular flexibility index (Phi) is 11.8. The van der Waals surface area contributed by atoms with Crippen molar-refractivity contribution in [2.45, 2.75) is 64.2 Å². The van der Waals surface area contributed by atoms with E-state index < -0.39 is 58.0 Å². The average Bonchev–Trinajstić information content (AvgIpc) is 2.98. The van der Waals surface area contributed by atoms with E-state index in [0.717, 1.165) is 6.26 Å². The number of esters is 1. The molecule has 0 saturated carbocycles. The number of likely N-dealkylation sites (tertiary alicyclic amines) is 1. The van der Waals surface area contributed by atoms with E-state index in [1.54, 1.807) is 0 Å². The maximum absolute atomic E-state index is 13.9. The van der Waals surface area contributed by atoms with Crippen LogP contribution in [0.4, 0.5) is 5.69 Å². The van der Waals surface area contributed by atoms with E-state index in [2.05, 4.69) is 33.9 Å². The van der Waals surface area contributed by atoms with Gasteiger partial charge >= 0.3 is 16.1 Å². The van der Waals surface area contributed by atoms with Crippen molar-refractivity contribution in [3.8, 4) is 6.07 Å². The largest absolute Gasteiger partial charge is 0.456 e. The first-order valence-corrected chi connectivity index (χ1v) is 20.3. The van der Waals surface area contributed by atoms with Crippen LogP contribution in [0.15, 0.2) is 54.2 Å². The van der Waals surface area contributed by atoms with Crippen molar-refractivity contribution in [1.29, 1.82) is 5.26 Å². The number of nitrogens with zero attached hydrogens (tertiary/aromatic N) is 3. The summed E-state index contributed by atoms with van der Waals surface area (Å²) in [7, 11) is -6.34. The zero-order valence-electron chi connectivity index (χ0n) is 26.9. The lowest BCUT2D eigenvalue weighted by Gasteiger charge is -2.47. The molecule has 1 fully saturated rings. The number of thioether (sulfide) groups is 1. The van der Waals surface area contributed by atoms with Crippen LogP contribution >= 0.6 is 11.8 Å². The number of nitro benzene ring substituents is 1. The van der Waals surface area contributed by atoms with Gasteiger partial charge in [0.15, 0.2) is 19.8 Å². The molecule has 0 spiro atoms. The first-order valence-electron chi connectivity index (χ1n) is 14.5. The number of carbonyl (C=O) groups is 2. The van der Waals surface area contributed by atoms with Gasteiger partial charge in [-0.15, -0.1) is 11.8 Å². The molecule has 1 amide bonds. The third kappa shape index (κ3) is 8.96. The van der Waals surface area contributed by atoms with E-state index in [4.69, 9.17) is 13.3 Å². The number of β-lactam (4-membered cyclic amide) rings is 1. The normalized spacial score (nSPS) is 17.4. The van der Waals surface area contributed by atoms with Crippen LogP contribution in [0.1, 0.15) is 50.8 Å². The summed E-state index contributed by atoms with van der Waals surface area (Å²) in [5.74, 6) is -1.90. The van der Waals surface area contributed by atoms with Gasteiger partial charge in [-0.05, 0) is 60.1 Å². The molecule has 1 saturated heterocycles. The minimum atomic E-state index is -4.25. The molecule has 0 aliphatic carbocycles. The molecule has 2 atom stereocenters. The second-order valence-corrected chi connectivity index (χ2v) is 20.0. The van der Waals surface area contributed by atoms with Crippen LogP contribution in [0, 0.1) is 27.4 Å². The molecule has 2 aromatic carbocycles. The topological polar surface area (TPSA) is 166 Å². The molecule has 15 heteroatoms. The minimum absolute atomic E-state index is 0.0284. The van der Waals surface area contributed by atoms with Gasteiger partial charge in [0.05, 0.1) is 34.1 Å². The molecular formula is C31H39N3O9S2Si. The van der Waals surface area contributed by atoms with E-state index in [1.165, 1.54) is 65.2 Å². The third-order valence-corrected chi connectivity index (χ3v) is 14.1. The summed E-state index contributed by atoms with van der Waals surface area (Å²) >= 11 is 1.40. The number of carbonyl (C=O) groups excluding carboxylic acids is 2. The number of non-ortho nitro benzene ring substituents is 1. The molecule has 0 radical (unpaired) electrons. The lowest BCUT2D eigenvalue weighted by Crippen LogP contribution is -2.60. The molecule has 12 nitrogen and oxygen atoms in total. The number of benzene rings is 2. The summed E-state index contributed by atoms with van der Waals surface area (Å²) in [6, 6.07) is 13.1. The lowest BCUT2D eigenvalue weighted by atomic mass is 9.93. The number of nitriles is 1. The number of nitro groups is 1. The van der Waals surface area contributed by atoms with Crippen molar-refractivity contribution in [1.82, 2.24) is 4.90 Å². The van der Waals surface area contributed by atoms with E-state index in [1.807, 2.05) is 13.0 Å². The van der Waals surface area contributed by atoms with Crippen LogP contribution in [0.5, 0.6) is 0 Å². The first kappa shape index (κ1) is 36.8. The third-order valence-electron chi connectivity index (χ3n) is 7.84. The number of hydrogen-bond donors (Lipinski definition) is 0. The number of rotatable bonds is 14. The lowest BCUT2D eigenvalue weighted by molar-refractivity contribution is -0.384. The predicted molar refractivity (Wildman–Crippen MR) is 177 cm³/mol. The van der Waals surface area contributed by atoms with Crippen LogP contribution < -0.4 is 0 Å². The maximum Gasteiger partial charge on any atom is 0.359 e. The van der Waals surface area contributed by atoms with Crippen LogP contribution in [0.25, 0.3) is 5.76 Å². The Morgan fingerprint density at radius 2 is 1.83 bits per heavy atom. The van der Waals surface area contributed by atoms with E-state index >= 15 is 0 Å². The molecule has 0 aromatic heterocycles. The quantitative estimate of drug-likeness (QED) is 0.0344. The standard InChI is InChI=1S/C31H39N3O9S2Si/c1-8-44-29-25(16-17-42-46(6,7)31(2,3)4)28(35)33(29)26(30(36)41-20-21-12-14-24(15-13-21)34(37)38)27(43-45(5,39)40)23-11-9-10-22(18-23)19-32/h9-15,18,25,29H,8,16-17,20H2,1-7H3/t25-,29+/m0/s1. The van der Waals surface area contributed by atoms with Crippen molar-refractivity contribution >= 4 is 53.5 Å². The molecule has 3 rings (SSSR count). The Bertz CT molecular complexity index is 1650. The van der Waals surface area contributed by atoms with Gasteiger partial charge in [0.2, 0.25) is 5.91 Å². The van der Waals surface area contributed by atoms with Gasteiger partial charge in [0.1, 0.15) is 6.61 Å². The molecule has 0 unspecified atom stereocenters. The smallest absolute Gasteiger partial charge is 0.359 e. The highest BCUT2D eigenvalue weighted by molar-refractivity contribution is 8.00. The SMILES string of the molecule is CCS[C@@H]1[C@@H](CCO[Si](C)(C)C(C)(C)C)C(=O)N1C(C(=O)OCc1ccc([N+](=O)[O-])cc1)=C(OS(C)(=O)=O)c1cccc(C#N)c1. The monoisotopic (exact) mass is 689 g/mol. The second kappa shape index (κ2) is 14.8. The summed E-state index contributed by atoms with van der Waals surface area (Å²) in [4.78, 5) is 39.4. The molecule has 46 heavy (non-hydrogen) atoms. The highest BCUT2D eigenvalue weighted by atomic mass is 32.2. The zero-order valence-corrected chi connectivity index (χ0v) is 29.6. The van der Waals surface area contributed by atoms with Crippen molar-refractivity contribution in [2.75, 3.05) is 18.6 Å². The van der Waals surface area contributed by atoms with Crippen LogP contribution in [-0.4, -0.2) is 62.4 Å². The van der Waals surface area contributed by atoms with Crippen molar-refractivity contribution in [3.63, 3.8) is 0 Å².